The fourth-order valence-electron chi connectivity index (χ4n) is 3.10. The third-order valence-corrected chi connectivity index (χ3v) is 5.39. The van der Waals surface area contributed by atoms with Crippen LogP contribution in [-0.2, 0) is 4.79 Å². The number of nitrogens with zero attached hydrogens (tertiary/aromatic N) is 1. The van der Waals surface area contributed by atoms with Crippen molar-refractivity contribution < 1.29 is 19.7 Å². The van der Waals surface area contributed by atoms with Gasteiger partial charge in [-0.25, -0.2) is 0 Å². The quantitative estimate of drug-likeness (QED) is 0.801. The number of likely N-dealkylation sites (tertiary alicyclic amines) is 1. The molecule has 0 unspecified atom stereocenters. The Morgan fingerprint density at radius 2 is 2.17 bits per heavy atom. The van der Waals surface area contributed by atoms with Crippen LogP contribution in [0.5, 0.6) is 5.75 Å². The fraction of sp³-hybridized carbons (Fsp3) is 0.588. The van der Waals surface area contributed by atoms with Crippen LogP contribution in [0.3, 0.4) is 0 Å². The van der Waals surface area contributed by atoms with Crippen molar-refractivity contribution in [2.45, 2.75) is 32.3 Å². The third kappa shape index (κ3) is 4.33. The third-order valence-electron chi connectivity index (χ3n) is 4.65. The number of benzene rings is 1. The van der Waals surface area contributed by atoms with Gasteiger partial charge in [-0.2, -0.15) is 0 Å². The van der Waals surface area contributed by atoms with Crippen molar-refractivity contribution >= 4 is 29.1 Å². The van der Waals surface area contributed by atoms with Gasteiger partial charge in [-0.1, -0.05) is 36.5 Å². The van der Waals surface area contributed by atoms with Gasteiger partial charge in [0.2, 0.25) is 0 Å². The summed E-state index contributed by atoms with van der Waals surface area (Å²) in [5.41, 5.74) is -0.504. The molecule has 1 aromatic rings. The van der Waals surface area contributed by atoms with Gasteiger partial charge in [0.1, 0.15) is 5.75 Å². The van der Waals surface area contributed by atoms with Crippen molar-refractivity contribution in [2.24, 2.45) is 5.41 Å². The Hall–Kier alpha value is -1.01. The van der Waals surface area contributed by atoms with Crippen LogP contribution in [0.15, 0.2) is 18.2 Å². The van der Waals surface area contributed by atoms with Gasteiger partial charge in [-0.3, -0.25) is 4.79 Å². The first-order valence-electron chi connectivity index (χ1n) is 8.06. The molecule has 1 saturated heterocycles. The van der Waals surface area contributed by atoms with Crippen molar-refractivity contribution in [1.82, 2.24) is 4.90 Å². The molecule has 1 aliphatic rings. The maximum Gasteiger partial charge on any atom is 0.260 e. The average Bonchev–Trinajstić information content (AvgIpc) is 2.57. The van der Waals surface area contributed by atoms with Crippen molar-refractivity contribution in [3.8, 4) is 5.75 Å². The van der Waals surface area contributed by atoms with E-state index < -0.39 is 11.5 Å². The zero-order valence-electron chi connectivity index (χ0n) is 13.7. The van der Waals surface area contributed by atoms with Gasteiger partial charge in [-0.05, 0) is 25.0 Å². The molecule has 0 spiro atoms. The summed E-state index contributed by atoms with van der Waals surface area (Å²) in [5.74, 6) is 0.258. The largest absolute Gasteiger partial charge is 0.484 e. The summed E-state index contributed by atoms with van der Waals surface area (Å²) in [4.78, 5) is 13.9. The lowest BCUT2D eigenvalue weighted by atomic mass is 9.73. The highest BCUT2D eigenvalue weighted by Crippen LogP contribution is 2.36. The van der Waals surface area contributed by atoms with E-state index in [9.17, 15) is 15.0 Å². The zero-order valence-corrected chi connectivity index (χ0v) is 15.2. The van der Waals surface area contributed by atoms with Crippen molar-refractivity contribution in [1.29, 1.82) is 0 Å². The Labute approximate surface area is 152 Å². The molecule has 7 heteroatoms. The Balaban J connectivity index is 1.91. The van der Waals surface area contributed by atoms with E-state index in [1.807, 2.05) is 6.92 Å². The number of amides is 1. The van der Waals surface area contributed by atoms with E-state index >= 15 is 0 Å². The molecule has 1 amide bonds. The van der Waals surface area contributed by atoms with E-state index in [0.717, 1.165) is 12.8 Å². The lowest BCUT2D eigenvalue weighted by Gasteiger charge is -2.44. The molecule has 134 valence electrons. The predicted octanol–water partition coefficient (Wildman–Crippen LogP) is 2.74. The molecule has 0 saturated carbocycles. The zero-order chi connectivity index (χ0) is 17.7. The second-order valence-corrected chi connectivity index (χ2v) is 7.06. The molecule has 1 aromatic carbocycles. The van der Waals surface area contributed by atoms with Gasteiger partial charge in [-0.15, -0.1) is 0 Å². The number of carbonyl (C=O) groups is 1. The van der Waals surface area contributed by atoms with Crippen LogP contribution in [-0.4, -0.2) is 53.4 Å². The van der Waals surface area contributed by atoms with Crippen LogP contribution in [0, 0.1) is 5.41 Å². The monoisotopic (exact) mass is 375 g/mol. The van der Waals surface area contributed by atoms with Crippen LogP contribution < -0.4 is 4.74 Å². The predicted molar refractivity (Wildman–Crippen MR) is 93.6 cm³/mol. The van der Waals surface area contributed by atoms with E-state index in [1.165, 1.54) is 0 Å². The summed E-state index contributed by atoms with van der Waals surface area (Å²) in [7, 11) is 0. The van der Waals surface area contributed by atoms with Crippen LogP contribution >= 0.6 is 23.2 Å². The molecular weight excluding hydrogens is 353 g/mol. The van der Waals surface area contributed by atoms with Crippen molar-refractivity contribution in [3.63, 3.8) is 0 Å². The summed E-state index contributed by atoms with van der Waals surface area (Å²) in [6, 6.07) is 4.81. The van der Waals surface area contributed by atoms with Crippen molar-refractivity contribution in [2.75, 3.05) is 26.3 Å². The van der Waals surface area contributed by atoms with E-state index in [0.29, 0.717) is 28.8 Å². The Bertz CT molecular complexity index is 584. The summed E-state index contributed by atoms with van der Waals surface area (Å²) in [6.07, 6.45) is 1.47. The van der Waals surface area contributed by atoms with Gasteiger partial charge in [0.15, 0.2) is 6.61 Å². The number of halogens is 2. The normalized spacial score (nSPS) is 24.0. The first-order valence-corrected chi connectivity index (χ1v) is 8.82. The number of carbonyl (C=O) groups excluding carboxylic acids is 1. The van der Waals surface area contributed by atoms with Crippen LogP contribution in [0.2, 0.25) is 10.0 Å². The highest BCUT2D eigenvalue weighted by molar-refractivity contribution is 6.42. The minimum absolute atomic E-state index is 0.0657. The van der Waals surface area contributed by atoms with Crippen molar-refractivity contribution in [3.05, 3.63) is 28.2 Å². The van der Waals surface area contributed by atoms with E-state index in [2.05, 4.69) is 0 Å². The summed E-state index contributed by atoms with van der Waals surface area (Å²) in [6.45, 7) is 2.53. The molecule has 0 bridgehead atoms. The maximum atomic E-state index is 12.3. The topological polar surface area (TPSA) is 70.0 Å². The molecular formula is C17H23Cl2NO4. The van der Waals surface area contributed by atoms with E-state index in [4.69, 9.17) is 27.9 Å². The molecule has 1 fully saturated rings. The van der Waals surface area contributed by atoms with Crippen LogP contribution in [0.25, 0.3) is 0 Å². The molecule has 2 atom stereocenters. The molecule has 0 aromatic heterocycles. The van der Waals surface area contributed by atoms with E-state index in [-0.39, 0.29) is 25.7 Å². The first kappa shape index (κ1) is 19.3. The molecule has 24 heavy (non-hydrogen) atoms. The fourth-order valence-corrected chi connectivity index (χ4v) is 3.39. The van der Waals surface area contributed by atoms with Gasteiger partial charge in [0.05, 0.1) is 22.8 Å². The molecule has 2 rings (SSSR count). The maximum absolute atomic E-state index is 12.3. The Kier molecular flexibility index (Phi) is 6.75. The molecule has 5 nitrogen and oxygen atoms in total. The van der Waals surface area contributed by atoms with Gasteiger partial charge in [0, 0.05) is 24.6 Å². The number of hydrogen-bond donors (Lipinski definition) is 2. The Morgan fingerprint density at radius 3 is 2.75 bits per heavy atom. The minimum atomic E-state index is -0.731. The highest BCUT2D eigenvalue weighted by Gasteiger charge is 2.42. The highest BCUT2D eigenvalue weighted by atomic mass is 35.5. The molecule has 1 aliphatic heterocycles. The number of piperidine rings is 1. The number of ether oxygens (including phenoxy) is 1. The summed E-state index contributed by atoms with van der Waals surface area (Å²) in [5, 5.41) is 20.8. The van der Waals surface area contributed by atoms with Gasteiger partial charge in [0.25, 0.3) is 5.91 Å². The molecule has 0 aliphatic carbocycles. The van der Waals surface area contributed by atoms with E-state index in [1.54, 1.807) is 23.1 Å². The second-order valence-electron chi connectivity index (χ2n) is 6.24. The number of aliphatic hydroxyl groups excluding tert-OH is 2. The lowest BCUT2D eigenvalue weighted by molar-refractivity contribution is -0.144. The standard InChI is InChI=1S/C17H23Cl2NO4/c1-2-5-17(11-21)6-7-20(9-15(17)22)16(23)10-24-12-3-4-13(18)14(19)8-12/h3-4,8,15,21-22H,2,5-7,9-11H2,1H3/t15-,17+/m0/s1. The first-order chi connectivity index (χ1) is 11.4. The summed E-state index contributed by atoms with van der Waals surface area (Å²) >= 11 is 11.7. The lowest BCUT2D eigenvalue weighted by Crippen LogP contribution is -2.55. The van der Waals surface area contributed by atoms with Gasteiger partial charge >= 0.3 is 0 Å². The molecule has 1 heterocycles. The summed E-state index contributed by atoms with van der Waals surface area (Å²) < 4.78 is 5.45. The SMILES string of the molecule is CCC[C@]1(CO)CCN(C(=O)COc2ccc(Cl)c(Cl)c2)C[C@@H]1O. The second kappa shape index (κ2) is 8.39. The number of hydrogen-bond acceptors (Lipinski definition) is 4. The smallest absolute Gasteiger partial charge is 0.260 e. The number of β-amino-alcohol motifs (C(OH)–C–C–N with tert-alkyl or cyclic N) is 1. The number of rotatable bonds is 6. The van der Waals surface area contributed by atoms with Crippen LogP contribution in [0.1, 0.15) is 26.2 Å². The Morgan fingerprint density at radius 1 is 1.42 bits per heavy atom. The molecule has 0 radical (unpaired) electrons. The number of aliphatic hydroxyl groups is 2. The average molecular weight is 376 g/mol. The van der Waals surface area contributed by atoms with Gasteiger partial charge < -0.3 is 19.8 Å². The minimum Gasteiger partial charge on any atom is -0.484 e. The molecule has 2 N–H and O–H groups in total. The van der Waals surface area contributed by atoms with Crippen LogP contribution in [0.4, 0.5) is 0 Å².